The Morgan fingerprint density at radius 1 is 1.25 bits per heavy atom. The lowest BCUT2D eigenvalue weighted by molar-refractivity contribution is -0.159. The molecule has 0 aliphatic carbocycles. The van der Waals surface area contributed by atoms with Crippen molar-refractivity contribution in [3.8, 4) is 5.69 Å². The standard InChI is InChI=1S/C23H26FNO3/c1-14(2)21-18(13-23(4,28-5)22(26)27)17-8-6-7-9-20(17)25(21)16-10-11-19(24)15(3)12-16/h6-12,14H,13H2,1-5H3,(H,26,27). The molecule has 1 heterocycles. The van der Waals surface area contributed by atoms with E-state index >= 15 is 0 Å². The number of halogens is 1. The number of methoxy groups -OCH3 is 1. The first-order valence-corrected chi connectivity index (χ1v) is 9.37. The summed E-state index contributed by atoms with van der Waals surface area (Å²) in [4.78, 5) is 11.9. The normalized spacial score (nSPS) is 13.8. The summed E-state index contributed by atoms with van der Waals surface area (Å²) in [5, 5.41) is 10.7. The monoisotopic (exact) mass is 383 g/mol. The number of carboxylic acids is 1. The van der Waals surface area contributed by atoms with Gasteiger partial charge in [-0.25, -0.2) is 9.18 Å². The molecule has 0 fully saturated rings. The van der Waals surface area contributed by atoms with Crippen LogP contribution in [0.5, 0.6) is 0 Å². The van der Waals surface area contributed by atoms with Gasteiger partial charge in [0.25, 0.3) is 0 Å². The second-order valence-corrected chi connectivity index (χ2v) is 7.72. The van der Waals surface area contributed by atoms with E-state index in [9.17, 15) is 14.3 Å². The van der Waals surface area contributed by atoms with Crippen LogP contribution in [0.15, 0.2) is 42.5 Å². The number of aryl methyl sites for hydroxylation is 1. The Bertz CT molecular complexity index is 1040. The predicted molar refractivity (Wildman–Crippen MR) is 109 cm³/mol. The van der Waals surface area contributed by atoms with Crippen LogP contribution in [0.25, 0.3) is 16.6 Å². The van der Waals surface area contributed by atoms with E-state index in [1.807, 2.05) is 30.3 Å². The van der Waals surface area contributed by atoms with Crippen LogP contribution < -0.4 is 0 Å². The fourth-order valence-electron chi connectivity index (χ4n) is 3.74. The van der Waals surface area contributed by atoms with Crippen LogP contribution in [0.1, 0.15) is 43.5 Å². The quantitative estimate of drug-likeness (QED) is 0.634. The molecule has 0 spiro atoms. The van der Waals surface area contributed by atoms with Crippen molar-refractivity contribution in [1.82, 2.24) is 4.57 Å². The van der Waals surface area contributed by atoms with Gasteiger partial charge >= 0.3 is 5.97 Å². The molecular formula is C23H26FNO3. The molecule has 0 amide bonds. The zero-order valence-corrected chi connectivity index (χ0v) is 16.9. The van der Waals surface area contributed by atoms with Gasteiger partial charge in [0.05, 0.1) is 5.52 Å². The Labute approximate surface area is 164 Å². The molecule has 0 saturated carbocycles. The minimum atomic E-state index is -1.34. The smallest absolute Gasteiger partial charge is 0.336 e. The van der Waals surface area contributed by atoms with E-state index in [4.69, 9.17) is 4.74 Å². The molecule has 1 unspecified atom stereocenters. The summed E-state index contributed by atoms with van der Waals surface area (Å²) in [7, 11) is 1.42. The van der Waals surface area contributed by atoms with E-state index in [2.05, 4.69) is 18.4 Å². The number of aliphatic carboxylic acids is 1. The zero-order chi connectivity index (χ0) is 20.6. The lowest BCUT2D eigenvalue weighted by Gasteiger charge is -2.24. The molecule has 4 nitrogen and oxygen atoms in total. The summed E-state index contributed by atoms with van der Waals surface area (Å²) in [5.74, 6) is -1.12. The number of para-hydroxylation sites is 1. The van der Waals surface area contributed by atoms with Crippen molar-refractivity contribution < 1.29 is 19.0 Å². The zero-order valence-electron chi connectivity index (χ0n) is 16.9. The molecular weight excluding hydrogens is 357 g/mol. The molecule has 5 heteroatoms. The van der Waals surface area contributed by atoms with E-state index in [1.165, 1.54) is 13.2 Å². The van der Waals surface area contributed by atoms with Crippen LogP contribution in [0, 0.1) is 12.7 Å². The third-order valence-corrected chi connectivity index (χ3v) is 5.38. The van der Waals surface area contributed by atoms with E-state index in [0.29, 0.717) is 5.56 Å². The Balaban J connectivity index is 2.35. The summed E-state index contributed by atoms with van der Waals surface area (Å²) in [6.07, 6.45) is 0.236. The first kappa shape index (κ1) is 20.1. The highest BCUT2D eigenvalue weighted by molar-refractivity contribution is 5.89. The fraction of sp³-hybridized carbons (Fsp3) is 0.348. The van der Waals surface area contributed by atoms with Crippen molar-refractivity contribution >= 4 is 16.9 Å². The third kappa shape index (κ3) is 3.31. The number of carboxylic acid groups (broad SMARTS) is 1. The van der Waals surface area contributed by atoms with Crippen molar-refractivity contribution in [3.05, 3.63) is 65.1 Å². The summed E-state index contributed by atoms with van der Waals surface area (Å²) in [5.41, 5.74) is 3.02. The number of nitrogens with zero attached hydrogens (tertiary/aromatic N) is 1. The Morgan fingerprint density at radius 2 is 1.93 bits per heavy atom. The van der Waals surface area contributed by atoms with E-state index in [-0.39, 0.29) is 18.2 Å². The second kappa shape index (κ2) is 7.40. The highest BCUT2D eigenvalue weighted by Crippen LogP contribution is 2.37. The SMILES string of the molecule is COC(C)(Cc1c(C(C)C)n(-c2ccc(F)c(C)c2)c2ccccc12)C(=O)O. The number of hydrogen-bond acceptors (Lipinski definition) is 2. The van der Waals surface area contributed by atoms with Crippen molar-refractivity contribution in [2.24, 2.45) is 0 Å². The summed E-state index contributed by atoms with van der Waals surface area (Å²) >= 11 is 0. The van der Waals surface area contributed by atoms with Crippen LogP contribution in [0.3, 0.4) is 0 Å². The summed E-state index contributed by atoms with van der Waals surface area (Å²) in [6.45, 7) is 7.49. The molecule has 0 bridgehead atoms. The molecule has 0 radical (unpaired) electrons. The van der Waals surface area contributed by atoms with Crippen LogP contribution in [0.4, 0.5) is 4.39 Å². The molecule has 28 heavy (non-hydrogen) atoms. The number of fused-ring (bicyclic) bond motifs is 1. The minimum absolute atomic E-state index is 0.127. The number of hydrogen-bond donors (Lipinski definition) is 1. The molecule has 3 aromatic rings. The van der Waals surface area contributed by atoms with Gasteiger partial charge in [-0.05, 0) is 55.2 Å². The topological polar surface area (TPSA) is 51.5 Å². The summed E-state index contributed by atoms with van der Waals surface area (Å²) in [6, 6.07) is 13.0. The van der Waals surface area contributed by atoms with Gasteiger partial charge in [-0.1, -0.05) is 32.0 Å². The maximum absolute atomic E-state index is 13.9. The molecule has 148 valence electrons. The van der Waals surface area contributed by atoms with Gasteiger partial charge in [0.2, 0.25) is 0 Å². The van der Waals surface area contributed by atoms with Gasteiger partial charge < -0.3 is 14.4 Å². The van der Waals surface area contributed by atoms with Gasteiger partial charge in [0.15, 0.2) is 5.60 Å². The van der Waals surface area contributed by atoms with Gasteiger partial charge in [-0.3, -0.25) is 0 Å². The molecule has 1 aromatic heterocycles. The van der Waals surface area contributed by atoms with Gasteiger partial charge in [0.1, 0.15) is 5.82 Å². The first-order chi connectivity index (χ1) is 13.2. The number of ether oxygens (including phenoxy) is 1. The van der Waals surface area contributed by atoms with Crippen LogP contribution in [-0.4, -0.2) is 28.4 Å². The number of carbonyl (C=O) groups is 1. The Kier molecular flexibility index (Phi) is 5.31. The van der Waals surface area contributed by atoms with Crippen LogP contribution in [0.2, 0.25) is 0 Å². The van der Waals surface area contributed by atoms with Crippen molar-refractivity contribution in [3.63, 3.8) is 0 Å². The fourth-order valence-corrected chi connectivity index (χ4v) is 3.74. The molecule has 1 N–H and O–H groups in total. The maximum Gasteiger partial charge on any atom is 0.336 e. The number of benzene rings is 2. The average molecular weight is 383 g/mol. The highest BCUT2D eigenvalue weighted by atomic mass is 19.1. The van der Waals surface area contributed by atoms with Crippen molar-refractivity contribution in [2.75, 3.05) is 7.11 Å². The summed E-state index contributed by atoms with van der Waals surface area (Å²) < 4.78 is 21.3. The molecule has 0 saturated heterocycles. The Hall–Kier alpha value is -2.66. The van der Waals surface area contributed by atoms with Gasteiger partial charge in [-0.15, -0.1) is 0 Å². The van der Waals surface area contributed by atoms with E-state index in [0.717, 1.165) is 27.8 Å². The van der Waals surface area contributed by atoms with Gasteiger partial charge in [-0.2, -0.15) is 0 Å². The van der Waals surface area contributed by atoms with Crippen LogP contribution in [-0.2, 0) is 16.0 Å². The van der Waals surface area contributed by atoms with Gasteiger partial charge in [0, 0.05) is 30.3 Å². The number of aromatic nitrogens is 1. The van der Waals surface area contributed by atoms with Crippen LogP contribution >= 0.6 is 0 Å². The maximum atomic E-state index is 13.9. The first-order valence-electron chi connectivity index (χ1n) is 9.37. The lowest BCUT2D eigenvalue weighted by Crippen LogP contribution is -2.39. The molecule has 3 rings (SSSR count). The number of rotatable bonds is 6. The molecule has 2 aromatic carbocycles. The molecule has 0 aliphatic rings. The average Bonchev–Trinajstić information content (AvgIpc) is 2.98. The lowest BCUT2D eigenvalue weighted by atomic mass is 9.91. The van der Waals surface area contributed by atoms with E-state index < -0.39 is 11.6 Å². The highest BCUT2D eigenvalue weighted by Gasteiger charge is 2.36. The van der Waals surface area contributed by atoms with E-state index in [1.54, 1.807) is 19.9 Å². The Morgan fingerprint density at radius 3 is 2.50 bits per heavy atom. The predicted octanol–water partition coefficient (Wildman–Crippen LogP) is 5.23. The van der Waals surface area contributed by atoms with Crippen molar-refractivity contribution in [2.45, 2.75) is 45.6 Å². The van der Waals surface area contributed by atoms with Crippen molar-refractivity contribution in [1.29, 1.82) is 0 Å². The molecule has 0 aliphatic heterocycles. The largest absolute Gasteiger partial charge is 0.479 e. The molecule has 1 atom stereocenters. The minimum Gasteiger partial charge on any atom is -0.479 e. The third-order valence-electron chi connectivity index (χ3n) is 5.38. The second-order valence-electron chi connectivity index (χ2n) is 7.72.